The van der Waals surface area contributed by atoms with Crippen LogP contribution in [0.5, 0.6) is 0 Å². The molecule has 0 radical (unpaired) electrons. The minimum absolute atomic E-state index is 0.00585. The fourth-order valence-electron chi connectivity index (χ4n) is 5.34. The molecule has 0 aliphatic carbocycles. The van der Waals surface area contributed by atoms with Crippen molar-refractivity contribution in [2.24, 2.45) is 0 Å². The molecule has 6 rings (SSSR count). The van der Waals surface area contributed by atoms with E-state index in [2.05, 4.69) is 87.7 Å². The van der Waals surface area contributed by atoms with Gasteiger partial charge < -0.3 is 10.2 Å². The number of para-hydroxylation sites is 1. The zero-order valence-corrected chi connectivity index (χ0v) is 21.3. The topological polar surface area (TPSA) is 48.5 Å². The van der Waals surface area contributed by atoms with Crippen molar-refractivity contribution in [1.82, 2.24) is 15.2 Å². The summed E-state index contributed by atoms with van der Waals surface area (Å²) in [6.45, 7) is 5.82. The van der Waals surface area contributed by atoms with Crippen LogP contribution in [0.1, 0.15) is 30.1 Å². The van der Waals surface area contributed by atoms with Crippen molar-refractivity contribution in [2.45, 2.75) is 25.9 Å². The predicted molar refractivity (Wildman–Crippen MR) is 151 cm³/mol. The standard InChI is InChI=1S/C30H30N4OS/c1-2-7-28(32-30(35)22-13-14-27-24(20-22)23-10-3-4-12-26(23)36-27)34-18-16-33(17-19-34)25-11-5-8-21-9-6-15-31-29(21)25/h3-6,8-15,20,28H,2,7,16-19H2,1H3,(H,32,35). The molecule has 1 saturated heterocycles. The number of thiophene rings is 1. The van der Waals surface area contributed by atoms with Gasteiger partial charge in [-0.25, -0.2) is 0 Å². The zero-order valence-electron chi connectivity index (χ0n) is 20.5. The van der Waals surface area contributed by atoms with E-state index in [1.54, 1.807) is 11.3 Å². The summed E-state index contributed by atoms with van der Waals surface area (Å²) in [6.07, 6.45) is 3.85. The van der Waals surface area contributed by atoms with Gasteiger partial charge in [-0.2, -0.15) is 0 Å². The Kier molecular flexibility index (Phi) is 6.30. The molecule has 1 unspecified atom stereocenters. The highest BCUT2D eigenvalue weighted by Gasteiger charge is 2.26. The van der Waals surface area contributed by atoms with Gasteiger partial charge in [-0.1, -0.05) is 49.7 Å². The second kappa shape index (κ2) is 9.88. The summed E-state index contributed by atoms with van der Waals surface area (Å²) in [4.78, 5) is 22.8. The Morgan fingerprint density at radius 2 is 1.75 bits per heavy atom. The number of nitrogens with zero attached hydrogens (tertiary/aromatic N) is 3. The SMILES string of the molecule is CCCC(NC(=O)c1ccc2sc3ccccc3c2c1)N1CCN(c2cccc3cccnc23)CC1. The molecule has 0 saturated carbocycles. The molecule has 6 heteroatoms. The fourth-order valence-corrected chi connectivity index (χ4v) is 6.43. The van der Waals surface area contributed by atoms with Crippen LogP contribution >= 0.6 is 11.3 Å². The van der Waals surface area contributed by atoms with Crippen LogP contribution in [0.4, 0.5) is 5.69 Å². The maximum Gasteiger partial charge on any atom is 0.252 e. The van der Waals surface area contributed by atoms with Crippen molar-refractivity contribution in [3.63, 3.8) is 0 Å². The summed E-state index contributed by atoms with van der Waals surface area (Å²) in [7, 11) is 0. The Morgan fingerprint density at radius 3 is 2.61 bits per heavy atom. The summed E-state index contributed by atoms with van der Waals surface area (Å²) in [6, 6.07) is 25.0. The number of rotatable bonds is 6. The molecule has 3 heterocycles. The first-order valence-electron chi connectivity index (χ1n) is 12.8. The molecule has 3 aromatic carbocycles. The number of aromatic nitrogens is 1. The number of hydrogen-bond donors (Lipinski definition) is 1. The van der Waals surface area contributed by atoms with E-state index in [9.17, 15) is 4.79 Å². The van der Waals surface area contributed by atoms with Gasteiger partial charge in [0.15, 0.2) is 0 Å². The van der Waals surface area contributed by atoms with Gasteiger partial charge in [-0.15, -0.1) is 11.3 Å². The Labute approximate surface area is 215 Å². The van der Waals surface area contributed by atoms with Crippen LogP contribution in [-0.4, -0.2) is 48.1 Å². The van der Waals surface area contributed by atoms with Gasteiger partial charge in [0.2, 0.25) is 0 Å². The summed E-state index contributed by atoms with van der Waals surface area (Å²) in [5, 5.41) is 6.90. The fraction of sp³-hybridized carbons (Fsp3) is 0.267. The van der Waals surface area contributed by atoms with E-state index in [1.165, 1.54) is 25.9 Å². The lowest BCUT2D eigenvalue weighted by Crippen LogP contribution is -2.56. The number of benzene rings is 3. The smallest absolute Gasteiger partial charge is 0.252 e. The second-order valence-electron chi connectivity index (χ2n) is 9.46. The lowest BCUT2D eigenvalue weighted by atomic mass is 10.1. The Morgan fingerprint density at radius 1 is 0.944 bits per heavy atom. The minimum Gasteiger partial charge on any atom is -0.367 e. The quantitative estimate of drug-likeness (QED) is 0.302. The molecule has 0 bridgehead atoms. The first kappa shape index (κ1) is 23.0. The summed E-state index contributed by atoms with van der Waals surface area (Å²) >= 11 is 1.78. The number of amides is 1. The second-order valence-corrected chi connectivity index (χ2v) is 10.5. The molecule has 1 amide bonds. The monoisotopic (exact) mass is 494 g/mol. The molecule has 1 N–H and O–H groups in total. The van der Waals surface area contributed by atoms with E-state index in [4.69, 9.17) is 0 Å². The number of nitrogens with one attached hydrogen (secondary N) is 1. The predicted octanol–water partition coefficient (Wildman–Crippen LogP) is 6.28. The molecule has 1 aliphatic rings. The summed E-state index contributed by atoms with van der Waals surface area (Å²) < 4.78 is 2.48. The maximum atomic E-state index is 13.4. The number of anilines is 1. The molecule has 0 spiro atoms. The van der Waals surface area contributed by atoms with E-state index < -0.39 is 0 Å². The molecule has 182 valence electrons. The third-order valence-electron chi connectivity index (χ3n) is 7.21. The largest absolute Gasteiger partial charge is 0.367 e. The van der Waals surface area contributed by atoms with Gasteiger partial charge >= 0.3 is 0 Å². The Balaban J connectivity index is 1.17. The van der Waals surface area contributed by atoms with Gasteiger partial charge in [0.25, 0.3) is 5.91 Å². The van der Waals surface area contributed by atoms with Gasteiger partial charge in [0, 0.05) is 63.5 Å². The first-order valence-corrected chi connectivity index (χ1v) is 13.6. The number of fused-ring (bicyclic) bond motifs is 4. The number of piperazine rings is 1. The third kappa shape index (κ3) is 4.31. The highest BCUT2D eigenvalue weighted by atomic mass is 32.1. The molecule has 2 aromatic heterocycles. The molecule has 5 nitrogen and oxygen atoms in total. The van der Waals surface area contributed by atoms with Crippen LogP contribution in [0.15, 0.2) is 79.0 Å². The van der Waals surface area contributed by atoms with Gasteiger partial charge in [0.1, 0.15) is 0 Å². The van der Waals surface area contributed by atoms with E-state index in [-0.39, 0.29) is 12.1 Å². The van der Waals surface area contributed by atoms with E-state index >= 15 is 0 Å². The average molecular weight is 495 g/mol. The molecule has 1 aliphatic heterocycles. The van der Waals surface area contributed by atoms with Crippen LogP contribution in [0, 0.1) is 0 Å². The number of carbonyl (C=O) groups is 1. The van der Waals surface area contributed by atoms with Crippen LogP contribution < -0.4 is 10.2 Å². The summed E-state index contributed by atoms with van der Waals surface area (Å²) in [5.41, 5.74) is 2.98. The van der Waals surface area contributed by atoms with Crippen molar-refractivity contribution in [2.75, 3.05) is 31.1 Å². The van der Waals surface area contributed by atoms with E-state index in [1.807, 2.05) is 18.3 Å². The maximum absolute atomic E-state index is 13.4. The molecule has 1 fully saturated rings. The number of hydrogen-bond acceptors (Lipinski definition) is 5. The number of pyridine rings is 1. The van der Waals surface area contributed by atoms with Gasteiger partial charge in [-0.05, 0) is 42.8 Å². The van der Waals surface area contributed by atoms with Crippen LogP contribution in [0.3, 0.4) is 0 Å². The zero-order chi connectivity index (χ0) is 24.5. The molecule has 1 atom stereocenters. The van der Waals surface area contributed by atoms with Crippen molar-refractivity contribution >= 4 is 54.0 Å². The van der Waals surface area contributed by atoms with Crippen LogP contribution in [0.2, 0.25) is 0 Å². The molecular weight excluding hydrogens is 464 g/mol. The number of carbonyl (C=O) groups excluding carboxylic acids is 1. The van der Waals surface area contributed by atoms with Crippen molar-refractivity contribution in [3.8, 4) is 0 Å². The lowest BCUT2D eigenvalue weighted by Gasteiger charge is -2.40. The Bertz CT molecular complexity index is 1530. The molecule has 5 aromatic rings. The Hall–Kier alpha value is -3.48. The van der Waals surface area contributed by atoms with Crippen molar-refractivity contribution in [1.29, 1.82) is 0 Å². The lowest BCUT2D eigenvalue weighted by molar-refractivity contribution is 0.0824. The molecule has 36 heavy (non-hydrogen) atoms. The van der Waals surface area contributed by atoms with E-state index in [0.717, 1.165) is 55.5 Å². The van der Waals surface area contributed by atoms with Gasteiger partial charge in [0.05, 0.1) is 17.4 Å². The van der Waals surface area contributed by atoms with Crippen molar-refractivity contribution in [3.05, 3.63) is 84.6 Å². The minimum atomic E-state index is 0.00585. The highest BCUT2D eigenvalue weighted by molar-refractivity contribution is 7.25. The van der Waals surface area contributed by atoms with Gasteiger partial charge in [-0.3, -0.25) is 14.7 Å². The highest BCUT2D eigenvalue weighted by Crippen LogP contribution is 2.34. The average Bonchev–Trinajstić information content (AvgIpc) is 3.30. The molecular formula is C30H30N4OS. The van der Waals surface area contributed by atoms with Crippen LogP contribution in [-0.2, 0) is 0 Å². The first-order chi connectivity index (χ1) is 17.7. The normalized spacial score (nSPS) is 15.5. The van der Waals surface area contributed by atoms with Crippen molar-refractivity contribution < 1.29 is 4.79 Å². The summed E-state index contributed by atoms with van der Waals surface area (Å²) in [5.74, 6) is 0.00585. The van der Waals surface area contributed by atoms with E-state index in [0.29, 0.717) is 0 Å². The third-order valence-corrected chi connectivity index (χ3v) is 8.36. The van der Waals surface area contributed by atoms with Crippen LogP contribution in [0.25, 0.3) is 31.1 Å².